The molecule has 0 aromatic carbocycles. The predicted molar refractivity (Wildman–Crippen MR) is 73.6 cm³/mol. The van der Waals surface area contributed by atoms with Crippen LogP contribution in [0.25, 0.3) is 11.4 Å². The molecule has 1 aliphatic heterocycles. The Bertz CT molecular complexity index is 515. The molecule has 0 unspecified atom stereocenters. The summed E-state index contributed by atoms with van der Waals surface area (Å²) in [6.45, 7) is 2.75. The molecule has 0 atom stereocenters. The van der Waals surface area contributed by atoms with Crippen molar-refractivity contribution in [3.63, 3.8) is 0 Å². The van der Waals surface area contributed by atoms with E-state index in [0.29, 0.717) is 5.92 Å². The van der Waals surface area contributed by atoms with Crippen LogP contribution in [0.15, 0.2) is 24.5 Å². The highest BCUT2D eigenvalue weighted by Gasteiger charge is 2.21. The number of nitrogens with two attached hydrogens (primary N) is 1. The van der Waals surface area contributed by atoms with Gasteiger partial charge in [-0.3, -0.25) is 10.1 Å². The summed E-state index contributed by atoms with van der Waals surface area (Å²) >= 11 is 0. The van der Waals surface area contributed by atoms with Crippen LogP contribution in [-0.2, 0) is 0 Å². The molecular weight excluding hydrogens is 240 g/mol. The monoisotopic (exact) mass is 258 g/mol. The molecule has 3 rings (SSSR count). The highest BCUT2D eigenvalue weighted by molar-refractivity contribution is 5.55. The molecule has 19 heavy (non-hydrogen) atoms. The maximum Gasteiger partial charge on any atom is 0.245 e. The zero-order valence-electron chi connectivity index (χ0n) is 10.8. The number of aromatic nitrogens is 4. The first-order valence-electron chi connectivity index (χ1n) is 6.64. The number of nitrogens with one attached hydrogen (secondary N) is 1. The molecule has 0 aliphatic carbocycles. The van der Waals surface area contributed by atoms with Crippen LogP contribution in [0.5, 0.6) is 0 Å². The van der Waals surface area contributed by atoms with Gasteiger partial charge in [0.1, 0.15) is 0 Å². The minimum absolute atomic E-state index is 0.648. The third-order valence-electron chi connectivity index (χ3n) is 3.66. The number of aromatic amines is 1. The molecule has 0 bridgehead atoms. The lowest BCUT2D eigenvalue weighted by Crippen LogP contribution is -2.36. The van der Waals surface area contributed by atoms with Crippen LogP contribution in [0, 0.1) is 5.92 Å². The van der Waals surface area contributed by atoms with Crippen LogP contribution in [0.3, 0.4) is 0 Å². The van der Waals surface area contributed by atoms with Gasteiger partial charge in [-0.25, -0.2) is 0 Å². The summed E-state index contributed by atoms with van der Waals surface area (Å²) in [4.78, 5) is 10.8. The van der Waals surface area contributed by atoms with Gasteiger partial charge in [0.15, 0.2) is 5.82 Å². The Morgan fingerprint density at radius 3 is 2.68 bits per heavy atom. The number of anilines is 1. The Labute approximate surface area is 112 Å². The fourth-order valence-electron chi connectivity index (χ4n) is 2.40. The number of nitrogens with zero attached hydrogens (tertiary/aromatic N) is 4. The van der Waals surface area contributed by atoms with Crippen LogP contribution in [-0.4, -0.2) is 39.8 Å². The summed E-state index contributed by atoms with van der Waals surface area (Å²) in [6.07, 6.45) is 5.75. The summed E-state index contributed by atoms with van der Waals surface area (Å²) in [6, 6.07) is 3.84. The van der Waals surface area contributed by atoms with Gasteiger partial charge < -0.3 is 10.6 Å². The van der Waals surface area contributed by atoms with Crippen molar-refractivity contribution in [1.82, 2.24) is 20.2 Å². The van der Waals surface area contributed by atoms with Crippen molar-refractivity contribution in [2.75, 3.05) is 24.5 Å². The fraction of sp³-hybridized carbons (Fsp3) is 0.462. The number of hydrogen-bond donors (Lipinski definition) is 2. The first-order chi connectivity index (χ1) is 9.36. The molecule has 3 heterocycles. The van der Waals surface area contributed by atoms with E-state index in [-0.39, 0.29) is 0 Å². The largest absolute Gasteiger partial charge is 0.340 e. The van der Waals surface area contributed by atoms with Gasteiger partial charge >= 0.3 is 0 Å². The van der Waals surface area contributed by atoms with E-state index < -0.39 is 0 Å². The van der Waals surface area contributed by atoms with Crippen LogP contribution < -0.4 is 10.6 Å². The van der Waals surface area contributed by atoms with Gasteiger partial charge in [0.05, 0.1) is 0 Å². The molecule has 2 aromatic heterocycles. The summed E-state index contributed by atoms with van der Waals surface area (Å²) in [5.74, 6) is 2.22. The lowest BCUT2D eigenvalue weighted by atomic mass is 9.97. The standard InChI is InChI=1S/C13H18N6/c14-9-10-3-7-19(8-4-10)13-16-12(17-18-13)11-1-5-15-6-2-11/h1-2,5-6,10H,3-4,7-9,14H2,(H,16,17,18). The molecule has 100 valence electrons. The lowest BCUT2D eigenvalue weighted by Gasteiger charge is -2.30. The Balaban J connectivity index is 1.72. The first kappa shape index (κ1) is 12.1. The van der Waals surface area contributed by atoms with Gasteiger partial charge in [-0.15, -0.1) is 5.10 Å². The van der Waals surface area contributed by atoms with E-state index in [9.17, 15) is 0 Å². The van der Waals surface area contributed by atoms with Crippen molar-refractivity contribution in [3.05, 3.63) is 24.5 Å². The van der Waals surface area contributed by atoms with Gasteiger partial charge in [-0.1, -0.05) is 0 Å². The second kappa shape index (κ2) is 5.36. The zero-order valence-corrected chi connectivity index (χ0v) is 10.8. The van der Waals surface area contributed by atoms with E-state index in [0.717, 1.165) is 49.8 Å². The van der Waals surface area contributed by atoms with E-state index in [1.807, 2.05) is 12.1 Å². The summed E-state index contributed by atoms with van der Waals surface area (Å²) in [5.41, 5.74) is 6.71. The van der Waals surface area contributed by atoms with Gasteiger partial charge in [0.2, 0.25) is 5.95 Å². The third-order valence-corrected chi connectivity index (χ3v) is 3.66. The van der Waals surface area contributed by atoms with Gasteiger partial charge in [-0.05, 0) is 37.4 Å². The molecule has 0 amide bonds. The minimum atomic E-state index is 0.648. The molecule has 1 aliphatic rings. The predicted octanol–water partition coefficient (Wildman–Crippen LogP) is 1.04. The maximum atomic E-state index is 5.71. The molecule has 1 saturated heterocycles. The topological polar surface area (TPSA) is 83.7 Å². The number of H-pyrrole nitrogens is 1. The van der Waals surface area contributed by atoms with Crippen LogP contribution in [0.4, 0.5) is 5.95 Å². The molecular formula is C13H18N6. The van der Waals surface area contributed by atoms with Gasteiger partial charge in [0, 0.05) is 31.0 Å². The molecule has 3 N–H and O–H groups in total. The van der Waals surface area contributed by atoms with Crippen molar-refractivity contribution in [2.45, 2.75) is 12.8 Å². The number of piperidine rings is 1. The van der Waals surface area contributed by atoms with Crippen LogP contribution in [0.1, 0.15) is 12.8 Å². The van der Waals surface area contributed by atoms with Crippen LogP contribution >= 0.6 is 0 Å². The van der Waals surface area contributed by atoms with Gasteiger partial charge in [0.25, 0.3) is 0 Å². The molecule has 6 heteroatoms. The highest BCUT2D eigenvalue weighted by Crippen LogP contribution is 2.21. The van der Waals surface area contributed by atoms with Crippen molar-refractivity contribution >= 4 is 5.95 Å². The summed E-state index contributed by atoms with van der Waals surface area (Å²) in [7, 11) is 0. The SMILES string of the molecule is NCC1CCN(c2n[nH]c(-c3ccncc3)n2)CC1. The molecule has 6 nitrogen and oxygen atoms in total. The Kier molecular flexibility index (Phi) is 3.41. The minimum Gasteiger partial charge on any atom is -0.340 e. The van der Waals surface area contributed by atoms with Crippen molar-refractivity contribution in [2.24, 2.45) is 11.7 Å². The molecule has 1 fully saturated rings. The second-order valence-electron chi connectivity index (χ2n) is 4.89. The molecule has 0 spiro atoms. The number of rotatable bonds is 3. The Hall–Kier alpha value is -1.95. The van der Waals surface area contributed by atoms with E-state index in [1.165, 1.54) is 0 Å². The average molecular weight is 258 g/mol. The molecule has 0 saturated carbocycles. The molecule has 2 aromatic rings. The third kappa shape index (κ3) is 2.58. The zero-order chi connectivity index (χ0) is 13.1. The van der Waals surface area contributed by atoms with Crippen molar-refractivity contribution in [1.29, 1.82) is 0 Å². The number of pyridine rings is 1. The number of hydrogen-bond acceptors (Lipinski definition) is 5. The Morgan fingerprint density at radius 2 is 2.00 bits per heavy atom. The first-order valence-corrected chi connectivity index (χ1v) is 6.64. The van der Waals surface area contributed by atoms with E-state index in [2.05, 4.69) is 25.1 Å². The van der Waals surface area contributed by atoms with Gasteiger partial charge in [-0.2, -0.15) is 4.98 Å². The fourth-order valence-corrected chi connectivity index (χ4v) is 2.40. The van der Waals surface area contributed by atoms with E-state index in [4.69, 9.17) is 5.73 Å². The highest BCUT2D eigenvalue weighted by atomic mass is 15.4. The second-order valence-corrected chi connectivity index (χ2v) is 4.89. The summed E-state index contributed by atoms with van der Waals surface area (Å²) in [5, 5.41) is 7.29. The summed E-state index contributed by atoms with van der Waals surface area (Å²) < 4.78 is 0. The van der Waals surface area contributed by atoms with Crippen molar-refractivity contribution < 1.29 is 0 Å². The average Bonchev–Trinajstić information content (AvgIpc) is 2.98. The Morgan fingerprint density at radius 1 is 1.26 bits per heavy atom. The normalized spacial score (nSPS) is 16.8. The van der Waals surface area contributed by atoms with Crippen LogP contribution in [0.2, 0.25) is 0 Å². The lowest BCUT2D eigenvalue weighted by molar-refractivity contribution is 0.411. The van der Waals surface area contributed by atoms with E-state index >= 15 is 0 Å². The van der Waals surface area contributed by atoms with Crippen molar-refractivity contribution in [3.8, 4) is 11.4 Å². The smallest absolute Gasteiger partial charge is 0.245 e. The quantitative estimate of drug-likeness (QED) is 0.859. The molecule has 0 radical (unpaired) electrons. The van der Waals surface area contributed by atoms with E-state index in [1.54, 1.807) is 12.4 Å². The maximum absolute atomic E-state index is 5.71.